The van der Waals surface area contributed by atoms with Gasteiger partial charge in [-0.1, -0.05) is 6.07 Å². The number of ketones is 1. The number of hydrogen-bond donors (Lipinski definition) is 1. The Balaban J connectivity index is 2.61. The third-order valence-corrected chi connectivity index (χ3v) is 4.07. The molecule has 1 heterocycles. The number of aryl methyl sites for hydroxylation is 2. The van der Waals surface area contributed by atoms with Crippen LogP contribution in [0.5, 0.6) is 0 Å². The highest BCUT2D eigenvalue weighted by Crippen LogP contribution is 2.37. The van der Waals surface area contributed by atoms with E-state index in [4.69, 9.17) is 5.11 Å². The Morgan fingerprint density at radius 3 is 2.62 bits per heavy atom. The normalized spacial score (nSPS) is 19.4. The number of carbonyl (C=O) groups excluding carboxylic acids is 1. The van der Waals surface area contributed by atoms with Gasteiger partial charge in [-0.2, -0.15) is 0 Å². The second-order valence-electron chi connectivity index (χ2n) is 3.98. The minimum atomic E-state index is -0.873. The molecule has 1 atom stereocenters. The van der Waals surface area contributed by atoms with Crippen molar-refractivity contribution < 1.29 is 14.7 Å². The summed E-state index contributed by atoms with van der Waals surface area (Å²) in [5.41, 5.74) is 3.29. The molecule has 1 N–H and O–H groups in total. The predicted molar refractivity (Wildman–Crippen MR) is 63.1 cm³/mol. The molecule has 3 nitrogen and oxygen atoms in total. The molecular weight excluding hydrogens is 224 g/mol. The molecule has 0 aromatic heterocycles. The summed E-state index contributed by atoms with van der Waals surface area (Å²) in [6, 6.07) is 3.64. The number of carboxylic acid groups (broad SMARTS) is 1. The lowest BCUT2D eigenvalue weighted by Gasteiger charge is -2.22. The van der Waals surface area contributed by atoms with Crippen molar-refractivity contribution in [2.24, 2.45) is 0 Å². The highest BCUT2D eigenvalue weighted by molar-refractivity contribution is 8.01. The number of benzene rings is 1. The molecule has 84 valence electrons. The van der Waals surface area contributed by atoms with E-state index in [-0.39, 0.29) is 11.5 Å². The fourth-order valence-corrected chi connectivity index (χ4v) is 2.82. The fourth-order valence-electron chi connectivity index (χ4n) is 1.83. The van der Waals surface area contributed by atoms with E-state index in [0.717, 1.165) is 11.1 Å². The van der Waals surface area contributed by atoms with Crippen molar-refractivity contribution >= 4 is 23.5 Å². The van der Waals surface area contributed by atoms with E-state index in [0.29, 0.717) is 11.1 Å². The van der Waals surface area contributed by atoms with Crippen molar-refractivity contribution in [2.45, 2.75) is 19.1 Å². The number of carboxylic acids is 1. The average molecular weight is 236 g/mol. The van der Waals surface area contributed by atoms with Gasteiger partial charge in [-0.15, -0.1) is 11.8 Å². The van der Waals surface area contributed by atoms with Crippen LogP contribution in [-0.4, -0.2) is 22.6 Å². The second kappa shape index (κ2) is 3.94. The Hall–Kier alpha value is -1.29. The van der Waals surface area contributed by atoms with Crippen molar-refractivity contribution in [3.63, 3.8) is 0 Å². The number of fused-ring (bicyclic) bond motifs is 1. The summed E-state index contributed by atoms with van der Waals surface area (Å²) in [4.78, 5) is 22.8. The molecule has 0 radical (unpaired) electrons. The Labute approximate surface area is 97.9 Å². The number of rotatable bonds is 1. The molecule has 0 fully saturated rings. The molecule has 4 heteroatoms. The smallest absolute Gasteiger partial charge is 0.321 e. The summed E-state index contributed by atoms with van der Waals surface area (Å²) in [7, 11) is 0. The molecule has 2 rings (SSSR count). The molecule has 0 spiro atoms. The summed E-state index contributed by atoms with van der Waals surface area (Å²) in [5.74, 6) is -0.588. The summed E-state index contributed by atoms with van der Waals surface area (Å²) >= 11 is 1.19. The van der Waals surface area contributed by atoms with Gasteiger partial charge in [-0.05, 0) is 36.6 Å². The quantitative estimate of drug-likeness (QED) is 0.813. The van der Waals surface area contributed by atoms with Gasteiger partial charge in [0.05, 0.1) is 5.75 Å². The molecule has 1 aromatic rings. The first kappa shape index (κ1) is 11.2. The van der Waals surface area contributed by atoms with E-state index >= 15 is 0 Å². The third kappa shape index (κ3) is 1.73. The van der Waals surface area contributed by atoms with Gasteiger partial charge in [-0.3, -0.25) is 9.59 Å². The van der Waals surface area contributed by atoms with Gasteiger partial charge in [0.25, 0.3) is 0 Å². The average Bonchev–Trinajstić information content (AvgIpc) is 2.21. The highest BCUT2D eigenvalue weighted by Gasteiger charge is 2.31. The van der Waals surface area contributed by atoms with Crippen LogP contribution in [0.15, 0.2) is 12.1 Å². The third-order valence-electron chi connectivity index (χ3n) is 2.85. The van der Waals surface area contributed by atoms with E-state index in [1.54, 1.807) is 0 Å². The Kier molecular flexibility index (Phi) is 2.76. The molecule has 0 unspecified atom stereocenters. The fraction of sp³-hybridized carbons (Fsp3) is 0.333. The second-order valence-corrected chi connectivity index (χ2v) is 5.07. The van der Waals surface area contributed by atoms with Gasteiger partial charge in [0, 0.05) is 5.56 Å². The lowest BCUT2D eigenvalue weighted by atomic mass is 9.95. The molecule has 0 bridgehead atoms. The van der Waals surface area contributed by atoms with Crippen LogP contribution in [0.1, 0.15) is 32.3 Å². The van der Waals surface area contributed by atoms with Crippen LogP contribution in [0.25, 0.3) is 0 Å². The lowest BCUT2D eigenvalue weighted by molar-refractivity contribution is -0.136. The van der Waals surface area contributed by atoms with Crippen LogP contribution in [-0.2, 0) is 4.79 Å². The van der Waals surface area contributed by atoms with Crippen LogP contribution in [0.2, 0.25) is 0 Å². The van der Waals surface area contributed by atoms with E-state index < -0.39 is 11.2 Å². The molecule has 1 aliphatic rings. The SMILES string of the molecule is Cc1cc2c(cc1C)[C@@H](C(=O)O)SCC2=O. The number of carbonyl (C=O) groups is 2. The maximum absolute atomic E-state index is 11.7. The Bertz CT molecular complexity index is 479. The molecule has 1 aromatic carbocycles. The van der Waals surface area contributed by atoms with Crippen molar-refractivity contribution in [1.82, 2.24) is 0 Å². The lowest BCUT2D eigenvalue weighted by Crippen LogP contribution is -2.21. The zero-order valence-electron chi connectivity index (χ0n) is 9.11. The largest absolute Gasteiger partial charge is 0.480 e. The topological polar surface area (TPSA) is 54.4 Å². The maximum atomic E-state index is 11.7. The first-order chi connectivity index (χ1) is 7.50. The number of hydrogen-bond acceptors (Lipinski definition) is 3. The standard InChI is InChI=1S/C12H12O3S/c1-6-3-8-9(4-7(6)2)11(12(14)15)16-5-10(8)13/h3-4,11H,5H2,1-2H3,(H,14,15)/t11-/m0/s1. The minimum absolute atomic E-state index is 0.0283. The number of Topliss-reactive ketones (excluding diaryl/α,β-unsaturated/α-hetero) is 1. The van der Waals surface area contributed by atoms with Gasteiger partial charge in [-0.25, -0.2) is 0 Å². The first-order valence-corrected chi connectivity index (χ1v) is 6.04. The van der Waals surface area contributed by atoms with Crippen LogP contribution in [0.4, 0.5) is 0 Å². The van der Waals surface area contributed by atoms with E-state index in [2.05, 4.69) is 0 Å². The van der Waals surface area contributed by atoms with Gasteiger partial charge < -0.3 is 5.11 Å². The van der Waals surface area contributed by atoms with Crippen LogP contribution in [0.3, 0.4) is 0 Å². The molecule has 0 amide bonds. The highest BCUT2D eigenvalue weighted by atomic mass is 32.2. The minimum Gasteiger partial charge on any atom is -0.480 e. The molecular formula is C12H12O3S. The van der Waals surface area contributed by atoms with Gasteiger partial charge >= 0.3 is 5.97 Å². The van der Waals surface area contributed by atoms with Gasteiger partial charge in [0.1, 0.15) is 5.25 Å². The van der Waals surface area contributed by atoms with Crippen LogP contribution >= 0.6 is 11.8 Å². The number of aliphatic carboxylic acids is 1. The molecule has 16 heavy (non-hydrogen) atoms. The zero-order valence-corrected chi connectivity index (χ0v) is 9.93. The Morgan fingerprint density at radius 1 is 1.38 bits per heavy atom. The van der Waals surface area contributed by atoms with Gasteiger partial charge in [0.15, 0.2) is 5.78 Å². The molecule has 0 aliphatic carbocycles. The van der Waals surface area contributed by atoms with Crippen molar-refractivity contribution in [1.29, 1.82) is 0 Å². The maximum Gasteiger partial charge on any atom is 0.321 e. The van der Waals surface area contributed by atoms with Crippen LogP contribution < -0.4 is 0 Å². The summed E-state index contributed by atoms with van der Waals surface area (Å²) in [6.45, 7) is 3.86. The van der Waals surface area contributed by atoms with E-state index in [1.165, 1.54) is 11.8 Å². The van der Waals surface area contributed by atoms with Crippen molar-refractivity contribution in [3.05, 3.63) is 34.4 Å². The predicted octanol–water partition coefficient (Wildman–Crippen LogP) is 2.36. The van der Waals surface area contributed by atoms with Gasteiger partial charge in [0.2, 0.25) is 0 Å². The number of thioether (sulfide) groups is 1. The molecule has 0 saturated carbocycles. The first-order valence-electron chi connectivity index (χ1n) is 4.99. The van der Waals surface area contributed by atoms with Crippen molar-refractivity contribution in [2.75, 3.05) is 5.75 Å². The molecule has 0 saturated heterocycles. The van der Waals surface area contributed by atoms with E-state index in [1.807, 2.05) is 26.0 Å². The summed E-state index contributed by atoms with van der Waals surface area (Å²) < 4.78 is 0. The van der Waals surface area contributed by atoms with Crippen molar-refractivity contribution in [3.8, 4) is 0 Å². The van der Waals surface area contributed by atoms with Crippen LogP contribution in [0, 0.1) is 13.8 Å². The summed E-state index contributed by atoms with van der Waals surface area (Å²) in [5, 5.41) is 8.49. The summed E-state index contributed by atoms with van der Waals surface area (Å²) in [6.07, 6.45) is 0. The molecule has 1 aliphatic heterocycles. The van der Waals surface area contributed by atoms with E-state index in [9.17, 15) is 9.59 Å². The zero-order chi connectivity index (χ0) is 11.9. The Morgan fingerprint density at radius 2 is 2.00 bits per heavy atom. The monoisotopic (exact) mass is 236 g/mol.